The monoisotopic (exact) mass is 542 g/mol. The van der Waals surface area contributed by atoms with Crippen LogP contribution in [-0.4, -0.2) is 61.2 Å². The number of nitrogens with zero attached hydrogens (tertiary/aromatic N) is 2. The molecule has 2 aromatic carbocycles. The van der Waals surface area contributed by atoms with Crippen LogP contribution in [0.25, 0.3) is 0 Å². The second kappa shape index (κ2) is 11.9. The molecule has 11 heteroatoms. The molecule has 0 radical (unpaired) electrons. The van der Waals surface area contributed by atoms with Gasteiger partial charge in [0, 0.05) is 45.0 Å². The first-order valence-corrected chi connectivity index (χ1v) is 12.8. The molecule has 0 spiro atoms. The van der Waals surface area contributed by atoms with Gasteiger partial charge in [0.1, 0.15) is 0 Å². The van der Waals surface area contributed by atoms with Crippen molar-refractivity contribution in [2.45, 2.75) is 44.7 Å². The number of benzene rings is 2. The van der Waals surface area contributed by atoms with Crippen molar-refractivity contribution >= 4 is 11.6 Å². The molecule has 1 amide bonds. The van der Waals surface area contributed by atoms with Gasteiger partial charge in [0.15, 0.2) is 0 Å². The van der Waals surface area contributed by atoms with E-state index in [9.17, 15) is 31.1 Å². The third kappa shape index (κ3) is 8.10. The lowest BCUT2D eigenvalue weighted by atomic mass is 9.97. The van der Waals surface area contributed by atoms with Gasteiger partial charge in [-0.1, -0.05) is 30.3 Å². The minimum absolute atomic E-state index is 0.114. The normalized spacial score (nSPS) is 16.3. The third-order valence-electron chi connectivity index (χ3n) is 6.91. The maximum absolute atomic E-state index is 13.5. The van der Waals surface area contributed by atoms with Crippen molar-refractivity contribution in [1.29, 1.82) is 0 Å². The summed E-state index contributed by atoms with van der Waals surface area (Å²) in [5.74, 6) is 0.286. The number of carbonyl (C=O) groups excluding carboxylic acids is 1. The van der Waals surface area contributed by atoms with Crippen LogP contribution in [0.2, 0.25) is 0 Å². The molecule has 5 nitrogen and oxygen atoms in total. The number of fused-ring (bicyclic) bond motifs is 1. The first-order valence-electron chi connectivity index (χ1n) is 12.8. The van der Waals surface area contributed by atoms with Crippen molar-refractivity contribution < 1.29 is 31.1 Å². The van der Waals surface area contributed by atoms with Crippen molar-refractivity contribution in [3.8, 4) is 0 Å². The topological polar surface area (TPSA) is 47.6 Å². The van der Waals surface area contributed by atoms with Gasteiger partial charge in [0.05, 0.1) is 18.7 Å². The number of nitrogens with one attached hydrogen (secondary N) is 2. The molecule has 1 fully saturated rings. The zero-order chi connectivity index (χ0) is 27.3. The highest BCUT2D eigenvalue weighted by molar-refractivity contribution is 5.81. The van der Waals surface area contributed by atoms with E-state index in [4.69, 9.17) is 0 Å². The molecular formula is C27H32F6N4O. The minimum Gasteiger partial charge on any atom is -0.376 e. The Kier molecular flexibility index (Phi) is 8.87. The summed E-state index contributed by atoms with van der Waals surface area (Å²) in [6, 6.07) is 10.8. The number of rotatable bonds is 11. The number of carbonyl (C=O) groups is 1. The summed E-state index contributed by atoms with van der Waals surface area (Å²) in [7, 11) is 0. The summed E-state index contributed by atoms with van der Waals surface area (Å²) in [5, 5.41) is 5.35. The SMILES string of the molecule is O=C(CNc1cccc2c1CCN(CC1CC1)C2)N(CCNCC(F)(F)F)Cc1ccccc1C(F)(F)F. The van der Waals surface area contributed by atoms with E-state index < -0.39 is 30.4 Å². The molecule has 4 rings (SSSR count). The van der Waals surface area contributed by atoms with Crippen molar-refractivity contribution in [1.82, 2.24) is 15.1 Å². The maximum Gasteiger partial charge on any atom is 0.416 e. The highest BCUT2D eigenvalue weighted by Crippen LogP contribution is 2.34. The molecule has 2 aliphatic rings. The number of anilines is 1. The van der Waals surface area contributed by atoms with E-state index in [0.29, 0.717) is 0 Å². The summed E-state index contributed by atoms with van der Waals surface area (Å²) in [6.07, 6.45) is -5.66. The van der Waals surface area contributed by atoms with Crippen LogP contribution in [0.4, 0.5) is 32.0 Å². The highest BCUT2D eigenvalue weighted by atomic mass is 19.4. The first kappa shape index (κ1) is 28.2. The van der Waals surface area contributed by atoms with Gasteiger partial charge in [-0.2, -0.15) is 26.3 Å². The van der Waals surface area contributed by atoms with Crippen LogP contribution in [0.1, 0.15) is 35.1 Å². The average Bonchev–Trinajstić information content (AvgIpc) is 3.67. The number of hydrogen-bond donors (Lipinski definition) is 2. The summed E-state index contributed by atoms with van der Waals surface area (Å²) in [6.45, 7) is 0.653. The van der Waals surface area contributed by atoms with Crippen LogP contribution in [0.3, 0.4) is 0 Å². The Morgan fingerprint density at radius 1 is 1.03 bits per heavy atom. The highest BCUT2D eigenvalue weighted by Gasteiger charge is 2.34. The van der Waals surface area contributed by atoms with Gasteiger partial charge in [-0.05, 0) is 54.0 Å². The predicted molar refractivity (Wildman–Crippen MR) is 132 cm³/mol. The molecule has 2 N–H and O–H groups in total. The summed E-state index contributed by atoms with van der Waals surface area (Å²) in [5.41, 5.74) is 2.11. The number of halogens is 6. The van der Waals surface area contributed by atoms with E-state index in [0.717, 1.165) is 54.2 Å². The van der Waals surface area contributed by atoms with Crippen molar-refractivity contribution in [3.05, 3.63) is 64.7 Å². The molecule has 0 atom stereocenters. The van der Waals surface area contributed by atoms with Crippen molar-refractivity contribution in [2.75, 3.05) is 44.6 Å². The second-order valence-electron chi connectivity index (χ2n) is 9.99. The maximum atomic E-state index is 13.5. The lowest BCUT2D eigenvalue weighted by molar-refractivity contribution is -0.139. The fourth-order valence-corrected chi connectivity index (χ4v) is 4.81. The van der Waals surface area contributed by atoms with E-state index in [-0.39, 0.29) is 31.7 Å². The zero-order valence-corrected chi connectivity index (χ0v) is 21.0. The molecule has 0 aromatic heterocycles. The van der Waals surface area contributed by atoms with Crippen LogP contribution >= 0.6 is 0 Å². The van der Waals surface area contributed by atoms with Crippen molar-refractivity contribution in [2.24, 2.45) is 5.92 Å². The van der Waals surface area contributed by atoms with Crippen LogP contribution in [0.15, 0.2) is 42.5 Å². The number of hydrogen-bond acceptors (Lipinski definition) is 4. The van der Waals surface area contributed by atoms with Gasteiger partial charge >= 0.3 is 12.4 Å². The van der Waals surface area contributed by atoms with Crippen LogP contribution < -0.4 is 10.6 Å². The molecule has 0 bridgehead atoms. The summed E-state index contributed by atoms with van der Waals surface area (Å²) >= 11 is 0. The van der Waals surface area contributed by atoms with Gasteiger partial charge in [-0.25, -0.2) is 0 Å². The molecule has 0 saturated heterocycles. The minimum atomic E-state index is -4.62. The largest absolute Gasteiger partial charge is 0.416 e. The Bertz CT molecular complexity index is 1100. The van der Waals surface area contributed by atoms with E-state index in [1.54, 1.807) is 0 Å². The fourth-order valence-electron chi connectivity index (χ4n) is 4.81. The van der Waals surface area contributed by atoms with E-state index in [2.05, 4.69) is 21.6 Å². The summed E-state index contributed by atoms with van der Waals surface area (Å²) < 4.78 is 78.1. The lowest BCUT2D eigenvalue weighted by Crippen LogP contribution is -2.41. The molecule has 1 saturated carbocycles. The zero-order valence-electron chi connectivity index (χ0n) is 21.0. The van der Waals surface area contributed by atoms with Gasteiger partial charge in [0.25, 0.3) is 0 Å². The van der Waals surface area contributed by atoms with Crippen LogP contribution in [-0.2, 0) is 30.5 Å². The first-order chi connectivity index (χ1) is 18.0. The van der Waals surface area contributed by atoms with Gasteiger partial charge < -0.3 is 15.5 Å². The van der Waals surface area contributed by atoms with E-state index in [1.807, 2.05) is 12.1 Å². The molecule has 2 aromatic rings. The van der Waals surface area contributed by atoms with Gasteiger partial charge in [-0.15, -0.1) is 0 Å². The third-order valence-corrected chi connectivity index (χ3v) is 6.91. The lowest BCUT2D eigenvalue weighted by Gasteiger charge is -2.30. The van der Waals surface area contributed by atoms with E-state index in [1.165, 1.54) is 36.6 Å². The molecule has 38 heavy (non-hydrogen) atoms. The fraction of sp³-hybridized carbons (Fsp3) is 0.519. The quantitative estimate of drug-likeness (QED) is 0.308. The van der Waals surface area contributed by atoms with Crippen LogP contribution in [0.5, 0.6) is 0 Å². The second-order valence-corrected chi connectivity index (χ2v) is 9.99. The van der Waals surface area contributed by atoms with E-state index >= 15 is 0 Å². The van der Waals surface area contributed by atoms with Gasteiger partial charge in [-0.3, -0.25) is 9.69 Å². The molecular weight excluding hydrogens is 510 g/mol. The van der Waals surface area contributed by atoms with Crippen molar-refractivity contribution in [3.63, 3.8) is 0 Å². The Hall–Kier alpha value is -2.79. The standard InChI is InChI=1S/C27H32F6N4O/c28-26(29,30)18-34-11-13-37(17-21-4-1-2-6-23(21)27(31,32)33)25(38)14-35-24-7-3-5-20-16-36(12-10-22(20)24)15-19-8-9-19/h1-7,19,34-35H,8-18H2. The Morgan fingerprint density at radius 2 is 1.79 bits per heavy atom. The number of alkyl halides is 6. The molecule has 1 aliphatic carbocycles. The van der Waals surface area contributed by atoms with Gasteiger partial charge in [0.2, 0.25) is 5.91 Å². The molecule has 1 aliphatic heterocycles. The Balaban J connectivity index is 1.43. The summed E-state index contributed by atoms with van der Waals surface area (Å²) in [4.78, 5) is 16.7. The average molecular weight is 543 g/mol. The smallest absolute Gasteiger partial charge is 0.376 e. The predicted octanol–water partition coefficient (Wildman–Crippen LogP) is 5.07. The Morgan fingerprint density at radius 3 is 2.50 bits per heavy atom. The number of amides is 1. The molecule has 0 unspecified atom stereocenters. The van der Waals surface area contributed by atoms with Crippen LogP contribution in [0, 0.1) is 5.92 Å². The Labute approximate surface area is 218 Å². The molecule has 208 valence electrons. The molecule has 1 heterocycles.